The van der Waals surface area contributed by atoms with Crippen LogP contribution in [0.15, 0.2) is 87.7 Å². The van der Waals surface area contributed by atoms with Crippen LogP contribution in [0.4, 0.5) is 4.39 Å². The molecule has 1 N–H and O–H groups in total. The molecule has 0 aliphatic rings. The second kappa shape index (κ2) is 9.43. The van der Waals surface area contributed by atoms with Crippen LogP contribution in [0.5, 0.6) is 0 Å². The molecule has 0 fully saturated rings. The van der Waals surface area contributed by atoms with Crippen LogP contribution in [0, 0.1) is 19.7 Å². The summed E-state index contributed by atoms with van der Waals surface area (Å²) in [6.07, 6.45) is 3.02. The van der Waals surface area contributed by atoms with Crippen molar-refractivity contribution < 1.29 is 18.0 Å². The van der Waals surface area contributed by atoms with Crippen molar-refractivity contribution in [2.45, 2.75) is 20.4 Å². The number of oxazole rings is 1. The Morgan fingerprint density at radius 2 is 1.63 bits per heavy atom. The molecule has 0 aliphatic carbocycles. The third-order valence-electron chi connectivity index (χ3n) is 5.83. The molecule has 0 saturated heterocycles. The Labute approximate surface area is 201 Å². The molecule has 0 spiro atoms. The lowest BCUT2D eigenvalue weighted by Crippen LogP contribution is -2.20. The summed E-state index contributed by atoms with van der Waals surface area (Å²) in [5.41, 5.74) is 6.55. The van der Waals surface area contributed by atoms with Gasteiger partial charge in [0.25, 0.3) is 0 Å². The Hall–Kier alpha value is -4.45. The molecule has 2 aromatic heterocycles. The standard InChI is InChI=1S/C29H23FN2O3/c1-18-15-25-27(16-19(18)2)35-29(32-25)22-5-3-20(4-6-22)17-31-28(33)14-12-24-11-13-26(34-24)21-7-9-23(30)10-8-21/h3-16H,17H2,1-2H3,(H,31,33)/b14-12+. The van der Waals surface area contributed by atoms with Crippen LogP contribution in [0.1, 0.15) is 22.5 Å². The topological polar surface area (TPSA) is 68.3 Å². The van der Waals surface area contributed by atoms with E-state index in [4.69, 9.17) is 8.83 Å². The van der Waals surface area contributed by atoms with Crippen molar-refractivity contribution in [3.63, 3.8) is 0 Å². The molecular formula is C29H23FN2O3. The van der Waals surface area contributed by atoms with E-state index < -0.39 is 0 Å². The van der Waals surface area contributed by atoms with Gasteiger partial charge in [0, 0.05) is 23.7 Å². The van der Waals surface area contributed by atoms with Crippen molar-refractivity contribution in [3.8, 4) is 22.8 Å². The number of hydrogen-bond acceptors (Lipinski definition) is 4. The first-order chi connectivity index (χ1) is 16.9. The van der Waals surface area contributed by atoms with Crippen molar-refractivity contribution in [1.29, 1.82) is 0 Å². The number of amides is 1. The second-order valence-corrected chi connectivity index (χ2v) is 8.38. The molecule has 174 valence electrons. The number of rotatable bonds is 6. The summed E-state index contributed by atoms with van der Waals surface area (Å²) in [6, 6.07) is 21.4. The fraction of sp³-hybridized carbons (Fsp3) is 0.103. The number of carbonyl (C=O) groups is 1. The van der Waals surface area contributed by atoms with E-state index in [1.54, 1.807) is 30.3 Å². The molecule has 0 bridgehead atoms. The normalized spacial score (nSPS) is 11.4. The molecule has 2 heterocycles. The number of benzene rings is 3. The molecule has 5 nitrogen and oxygen atoms in total. The summed E-state index contributed by atoms with van der Waals surface area (Å²) in [6.45, 7) is 4.49. The fourth-order valence-electron chi connectivity index (χ4n) is 3.69. The number of carbonyl (C=O) groups excluding carboxylic acids is 1. The van der Waals surface area contributed by atoms with Gasteiger partial charge in [-0.15, -0.1) is 0 Å². The molecular weight excluding hydrogens is 443 g/mol. The Kier molecular flexibility index (Phi) is 6.02. The van der Waals surface area contributed by atoms with Crippen LogP contribution in [-0.2, 0) is 11.3 Å². The molecule has 5 rings (SSSR count). The van der Waals surface area contributed by atoms with Gasteiger partial charge in [-0.1, -0.05) is 12.1 Å². The van der Waals surface area contributed by atoms with Crippen molar-refractivity contribution in [1.82, 2.24) is 10.3 Å². The van der Waals surface area contributed by atoms with E-state index in [1.165, 1.54) is 29.3 Å². The van der Waals surface area contributed by atoms with Gasteiger partial charge in [-0.05, 0) is 97.3 Å². The first-order valence-electron chi connectivity index (χ1n) is 11.2. The van der Waals surface area contributed by atoms with Crippen LogP contribution in [0.2, 0.25) is 0 Å². The summed E-state index contributed by atoms with van der Waals surface area (Å²) in [7, 11) is 0. The Bertz CT molecular complexity index is 1490. The Balaban J connectivity index is 1.18. The number of hydrogen-bond donors (Lipinski definition) is 1. The SMILES string of the molecule is Cc1cc2nc(-c3ccc(CNC(=O)/C=C/c4ccc(-c5ccc(F)cc5)o4)cc3)oc2cc1C. The minimum Gasteiger partial charge on any atom is -0.457 e. The molecule has 0 unspecified atom stereocenters. The number of furan rings is 1. The number of halogens is 1. The second-order valence-electron chi connectivity index (χ2n) is 8.38. The van der Waals surface area contributed by atoms with Crippen molar-refractivity contribution in [2.24, 2.45) is 0 Å². The molecule has 5 aromatic rings. The minimum absolute atomic E-state index is 0.238. The quantitative estimate of drug-likeness (QED) is 0.278. The van der Waals surface area contributed by atoms with Gasteiger partial charge >= 0.3 is 0 Å². The van der Waals surface area contributed by atoms with Crippen LogP contribution >= 0.6 is 0 Å². The Morgan fingerprint density at radius 1 is 0.914 bits per heavy atom. The largest absolute Gasteiger partial charge is 0.457 e. The Morgan fingerprint density at radius 3 is 2.40 bits per heavy atom. The number of nitrogens with zero attached hydrogens (tertiary/aromatic N) is 1. The smallest absolute Gasteiger partial charge is 0.244 e. The maximum Gasteiger partial charge on any atom is 0.244 e. The van der Waals surface area contributed by atoms with Gasteiger partial charge in [0.2, 0.25) is 11.8 Å². The zero-order chi connectivity index (χ0) is 24.4. The zero-order valence-electron chi connectivity index (χ0n) is 19.3. The number of aromatic nitrogens is 1. The van der Waals surface area contributed by atoms with Gasteiger partial charge in [-0.3, -0.25) is 4.79 Å². The highest BCUT2D eigenvalue weighted by atomic mass is 19.1. The van der Waals surface area contributed by atoms with E-state index >= 15 is 0 Å². The van der Waals surface area contributed by atoms with E-state index in [-0.39, 0.29) is 11.7 Å². The van der Waals surface area contributed by atoms with Crippen LogP contribution in [-0.4, -0.2) is 10.9 Å². The molecule has 35 heavy (non-hydrogen) atoms. The highest BCUT2D eigenvalue weighted by Gasteiger charge is 2.10. The maximum absolute atomic E-state index is 13.1. The first-order valence-corrected chi connectivity index (χ1v) is 11.2. The maximum atomic E-state index is 13.1. The lowest BCUT2D eigenvalue weighted by molar-refractivity contribution is -0.116. The molecule has 0 atom stereocenters. The fourth-order valence-corrected chi connectivity index (χ4v) is 3.69. The van der Waals surface area contributed by atoms with Crippen LogP contribution < -0.4 is 5.32 Å². The third-order valence-corrected chi connectivity index (χ3v) is 5.83. The molecule has 3 aromatic carbocycles. The molecule has 0 saturated carbocycles. The summed E-state index contributed by atoms with van der Waals surface area (Å²) in [4.78, 5) is 16.8. The van der Waals surface area contributed by atoms with E-state index in [2.05, 4.69) is 24.1 Å². The molecule has 0 radical (unpaired) electrons. The van der Waals surface area contributed by atoms with Gasteiger partial charge in [0.1, 0.15) is 22.9 Å². The van der Waals surface area contributed by atoms with Gasteiger partial charge in [-0.2, -0.15) is 0 Å². The predicted molar refractivity (Wildman–Crippen MR) is 134 cm³/mol. The monoisotopic (exact) mass is 466 g/mol. The van der Waals surface area contributed by atoms with Crippen molar-refractivity contribution in [2.75, 3.05) is 0 Å². The predicted octanol–water partition coefficient (Wildman–Crippen LogP) is 6.84. The minimum atomic E-state index is -0.303. The highest BCUT2D eigenvalue weighted by molar-refractivity contribution is 5.91. The number of nitrogens with one attached hydrogen (secondary N) is 1. The molecule has 1 amide bonds. The van der Waals surface area contributed by atoms with Crippen LogP contribution in [0.3, 0.4) is 0 Å². The summed E-state index contributed by atoms with van der Waals surface area (Å²) in [5, 5.41) is 2.86. The highest BCUT2D eigenvalue weighted by Crippen LogP contribution is 2.27. The molecule has 0 aliphatic heterocycles. The third kappa shape index (κ3) is 5.06. The summed E-state index contributed by atoms with van der Waals surface area (Å²) in [5.74, 6) is 1.17. The van der Waals surface area contributed by atoms with Gasteiger partial charge < -0.3 is 14.2 Å². The van der Waals surface area contributed by atoms with Crippen LogP contribution in [0.25, 0.3) is 40.0 Å². The number of fused-ring (bicyclic) bond motifs is 1. The average molecular weight is 467 g/mol. The van der Waals surface area contributed by atoms with E-state index in [0.717, 1.165) is 27.8 Å². The van der Waals surface area contributed by atoms with Gasteiger partial charge in [0.15, 0.2) is 5.58 Å². The van der Waals surface area contributed by atoms with Gasteiger partial charge in [0.05, 0.1) is 0 Å². The van der Waals surface area contributed by atoms with Gasteiger partial charge in [-0.25, -0.2) is 9.37 Å². The van der Waals surface area contributed by atoms with E-state index in [1.807, 2.05) is 36.4 Å². The lowest BCUT2D eigenvalue weighted by Gasteiger charge is -2.03. The number of aryl methyl sites for hydroxylation is 2. The van der Waals surface area contributed by atoms with E-state index in [9.17, 15) is 9.18 Å². The summed E-state index contributed by atoms with van der Waals surface area (Å²) < 4.78 is 24.7. The lowest BCUT2D eigenvalue weighted by atomic mass is 10.1. The molecule has 6 heteroatoms. The average Bonchev–Trinajstić information content (AvgIpc) is 3.50. The first kappa shape index (κ1) is 22.3. The van der Waals surface area contributed by atoms with Crippen molar-refractivity contribution >= 4 is 23.1 Å². The van der Waals surface area contributed by atoms with Crippen molar-refractivity contribution in [3.05, 3.63) is 107 Å². The van der Waals surface area contributed by atoms with E-state index in [0.29, 0.717) is 24.0 Å². The summed E-state index contributed by atoms with van der Waals surface area (Å²) >= 11 is 0. The zero-order valence-corrected chi connectivity index (χ0v) is 19.3.